The Balaban J connectivity index is 2.46. The number of amides is 1. The lowest BCUT2D eigenvalue weighted by molar-refractivity contribution is -0.144. The van der Waals surface area contributed by atoms with Gasteiger partial charge in [0.2, 0.25) is 5.91 Å². The maximum absolute atomic E-state index is 12.0. The minimum atomic E-state index is -1.12. The summed E-state index contributed by atoms with van der Waals surface area (Å²) < 4.78 is 4.47. The van der Waals surface area contributed by atoms with E-state index in [1.54, 1.807) is 0 Å². The van der Waals surface area contributed by atoms with Crippen LogP contribution < -0.4 is 5.32 Å². The van der Waals surface area contributed by atoms with Gasteiger partial charge in [0.05, 0.1) is 7.11 Å². The molecule has 1 saturated carbocycles. The van der Waals surface area contributed by atoms with E-state index >= 15 is 0 Å². The van der Waals surface area contributed by atoms with E-state index in [4.69, 9.17) is 5.11 Å². The molecule has 0 spiro atoms. The van der Waals surface area contributed by atoms with Crippen molar-refractivity contribution in [3.8, 4) is 0 Å². The van der Waals surface area contributed by atoms with Gasteiger partial charge in [0.25, 0.3) is 0 Å². The van der Waals surface area contributed by atoms with Gasteiger partial charge in [-0.1, -0.05) is 6.92 Å². The molecule has 1 rings (SSSR count). The van der Waals surface area contributed by atoms with Crippen LogP contribution in [0.25, 0.3) is 0 Å². The first-order valence-corrected chi connectivity index (χ1v) is 7.04. The van der Waals surface area contributed by atoms with E-state index in [0.29, 0.717) is 5.92 Å². The summed E-state index contributed by atoms with van der Waals surface area (Å²) in [6, 6.07) is -1.03. The lowest BCUT2D eigenvalue weighted by Gasteiger charge is -2.26. The average Bonchev–Trinajstić information content (AvgIpc) is 2.43. The highest BCUT2D eigenvalue weighted by atomic mass is 16.5. The van der Waals surface area contributed by atoms with Crippen LogP contribution in [0.15, 0.2) is 0 Å². The number of carboxylic acid groups (broad SMARTS) is 1. The monoisotopic (exact) mass is 285 g/mol. The Kier molecular flexibility index (Phi) is 6.48. The highest BCUT2D eigenvalue weighted by molar-refractivity contribution is 5.85. The van der Waals surface area contributed by atoms with E-state index in [-0.39, 0.29) is 24.7 Å². The van der Waals surface area contributed by atoms with Crippen LogP contribution in [0.3, 0.4) is 0 Å². The van der Waals surface area contributed by atoms with Crippen molar-refractivity contribution < 1.29 is 24.2 Å². The van der Waals surface area contributed by atoms with Gasteiger partial charge < -0.3 is 15.2 Å². The molecule has 1 amide bonds. The smallest absolute Gasteiger partial charge is 0.326 e. The van der Waals surface area contributed by atoms with Crippen LogP contribution >= 0.6 is 0 Å². The Labute approximate surface area is 118 Å². The number of methoxy groups -OCH3 is 1. The summed E-state index contributed by atoms with van der Waals surface area (Å²) in [7, 11) is 1.25. The maximum Gasteiger partial charge on any atom is 0.326 e. The van der Waals surface area contributed by atoms with E-state index in [9.17, 15) is 14.4 Å². The van der Waals surface area contributed by atoms with E-state index < -0.39 is 18.0 Å². The largest absolute Gasteiger partial charge is 0.480 e. The second-order valence-electron chi connectivity index (χ2n) is 5.47. The molecule has 6 heteroatoms. The average molecular weight is 285 g/mol. The van der Waals surface area contributed by atoms with Crippen molar-refractivity contribution in [2.24, 2.45) is 11.8 Å². The van der Waals surface area contributed by atoms with Crippen LogP contribution in [-0.2, 0) is 19.1 Å². The molecule has 1 fully saturated rings. The summed E-state index contributed by atoms with van der Waals surface area (Å²) in [5, 5.41) is 11.6. The lowest BCUT2D eigenvalue weighted by Crippen LogP contribution is -2.44. The summed E-state index contributed by atoms with van der Waals surface area (Å²) in [6.45, 7) is 2.16. The third-order valence-electron chi connectivity index (χ3n) is 3.87. The van der Waals surface area contributed by atoms with Gasteiger partial charge in [-0.15, -0.1) is 0 Å². The molecule has 0 aliphatic heterocycles. The number of carboxylic acids is 1. The fourth-order valence-corrected chi connectivity index (χ4v) is 2.43. The van der Waals surface area contributed by atoms with Gasteiger partial charge in [-0.3, -0.25) is 9.59 Å². The zero-order valence-electron chi connectivity index (χ0n) is 12.1. The topological polar surface area (TPSA) is 92.7 Å². The fourth-order valence-electron chi connectivity index (χ4n) is 2.43. The predicted octanol–water partition coefficient (Wildman–Crippen LogP) is 1.34. The molecule has 0 radical (unpaired) electrons. The molecule has 0 aromatic rings. The quantitative estimate of drug-likeness (QED) is 0.718. The Hall–Kier alpha value is -1.59. The van der Waals surface area contributed by atoms with E-state index in [0.717, 1.165) is 25.7 Å². The molecule has 0 heterocycles. The number of carbonyl (C=O) groups is 3. The van der Waals surface area contributed by atoms with Crippen LogP contribution in [0.4, 0.5) is 0 Å². The molecule has 1 aliphatic carbocycles. The second kappa shape index (κ2) is 7.87. The zero-order valence-corrected chi connectivity index (χ0v) is 12.1. The molecule has 0 saturated heterocycles. The Morgan fingerprint density at radius 2 is 1.85 bits per heavy atom. The highest BCUT2D eigenvalue weighted by Gasteiger charge is 2.28. The number of esters is 1. The molecule has 0 bridgehead atoms. The summed E-state index contributed by atoms with van der Waals surface area (Å²) in [5.74, 6) is -1.28. The van der Waals surface area contributed by atoms with Crippen LogP contribution in [0.5, 0.6) is 0 Å². The lowest BCUT2D eigenvalue weighted by atomic mass is 9.82. The predicted molar refractivity (Wildman–Crippen MR) is 71.9 cm³/mol. The number of ether oxygens (including phenoxy) is 1. The fraction of sp³-hybridized carbons (Fsp3) is 0.786. The molecule has 1 atom stereocenters. The van der Waals surface area contributed by atoms with Crippen LogP contribution in [0.1, 0.15) is 45.4 Å². The highest BCUT2D eigenvalue weighted by Crippen LogP contribution is 2.28. The van der Waals surface area contributed by atoms with Gasteiger partial charge in [0, 0.05) is 12.3 Å². The third-order valence-corrected chi connectivity index (χ3v) is 3.87. The molecule has 1 aliphatic rings. The number of hydrogen-bond donors (Lipinski definition) is 2. The van der Waals surface area contributed by atoms with Gasteiger partial charge in [-0.25, -0.2) is 4.79 Å². The molecule has 1 unspecified atom stereocenters. The number of aliphatic carboxylic acids is 1. The molecular formula is C14H23NO5. The third kappa shape index (κ3) is 5.19. The van der Waals surface area contributed by atoms with Gasteiger partial charge in [-0.2, -0.15) is 0 Å². The SMILES string of the molecule is COC(=O)CCC(NC(=O)C1CCC(C)CC1)C(=O)O. The van der Waals surface area contributed by atoms with Crippen LogP contribution in [0, 0.1) is 11.8 Å². The Morgan fingerprint density at radius 1 is 1.25 bits per heavy atom. The molecule has 114 valence electrons. The molecule has 0 aromatic heterocycles. The van der Waals surface area contributed by atoms with Crippen molar-refractivity contribution >= 4 is 17.8 Å². The van der Waals surface area contributed by atoms with E-state index in [2.05, 4.69) is 17.0 Å². The first kappa shape index (κ1) is 16.5. The van der Waals surface area contributed by atoms with Gasteiger partial charge >= 0.3 is 11.9 Å². The molecular weight excluding hydrogens is 262 g/mol. The minimum Gasteiger partial charge on any atom is -0.480 e. The van der Waals surface area contributed by atoms with Crippen LogP contribution in [0.2, 0.25) is 0 Å². The van der Waals surface area contributed by atoms with Crippen LogP contribution in [-0.4, -0.2) is 36.1 Å². The first-order valence-electron chi connectivity index (χ1n) is 7.04. The minimum absolute atomic E-state index is 0.0184. The standard InChI is InChI=1S/C14H23NO5/c1-9-3-5-10(6-4-9)13(17)15-11(14(18)19)7-8-12(16)20-2/h9-11H,3-8H2,1-2H3,(H,15,17)(H,18,19). The van der Waals surface area contributed by atoms with Crippen molar-refractivity contribution in [2.45, 2.75) is 51.5 Å². The number of rotatable bonds is 6. The van der Waals surface area contributed by atoms with Crippen molar-refractivity contribution in [1.29, 1.82) is 0 Å². The second-order valence-corrected chi connectivity index (χ2v) is 5.47. The zero-order chi connectivity index (χ0) is 15.1. The summed E-state index contributed by atoms with van der Waals surface area (Å²) in [4.78, 5) is 34.2. The molecule has 20 heavy (non-hydrogen) atoms. The number of hydrogen-bond acceptors (Lipinski definition) is 4. The summed E-state index contributed by atoms with van der Waals surface area (Å²) >= 11 is 0. The molecule has 2 N–H and O–H groups in total. The van der Waals surface area contributed by atoms with Gasteiger partial charge in [0.1, 0.15) is 6.04 Å². The first-order chi connectivity index (χ1) is 9.43. The Morgan fingerprint density at radius 3 is 2.35 bits per heavy atom. The van der Waals surface area contributed by atoms with Gasteiger partial charge in [-0.05, 0) is 38.0 Å². The number of nitrogens with one attached hydrogen (secondary N) is 1. The normalized spacial score (nSPS) is 23.7. The van der Waals surface area contributed by atoms with Gasteiger partial charge in [0.15, 0.2) is 0 Å². The van der Waals surface area contributed by atoms with E-state index in [1.807, 2.05) is 0 Å². The van der Waals surface area contributed by atoms with Crippen molar-refractivity contribution in [2.75, 3.05) is 7.11 Å². The summed E-state index contributed by atoms with van der Waals surface area (Å²) in [5.41, 5.74) is 0. The van der Waals surface area contributed by atoms with E-state index in [1.165, 1.54) is 7.11 Å². The molecule has 6 nitrogen and oxygen atoms in total. The van der Waals surface area contributed by atoms with Crippen molar-refractivity contribution in [3.63, 3.8) is 0 Å². The van der Waals surface area contributed by atoms with Crippen molar-refractivity contribution in [1.82, 2.24) is 5.32 Å². The molecule has 0 aromatic carbocycles. The maximum atomic E-state index is 12.0. The van der Waals surface area contributed by atoms with Crippen molar-refractivity contribution in [3.05, 3.63) is 0 Å². The number of carbonyl (C=O) groups excluding carboxylic acids is 2. The Bertz CT molecular complexity index is 361. The summed E-state index contributed by atoms with van der Waals surface area (Å²) in [6.07, 6.45) is 3.63.